The second-order valence-electron chi connectivity index (χ2n) is 15.1. The molecule has 2 heterocycles. The van der Waals surface area contributed by atoms with Gasteiger partial charge >= 0.3 is 0 Å². The second kappa shape index (κ2) is 12.2. The van der Waals surface area contributed by atoms with Gasteiger partial charge in [-0.25, -0.2) is 4.98 Å². The van der Waals surface area contributed by atoms with E-state index in [1.807, 2.05) is 11.3 Å². The lowest BCUT2D eigenvalue weighted by Crippen LogP contribution is -2.16. The Bertz CT molecular complexity index is 3120. The fourth-order valence-electron chi connectivity index (χ4n) is 8.99. The van der Waals surface area contributed by atoms with E-state index in [-0.39, 0.29) is 5.41 Å². The number of hydrogen-bond donors (Lipinski definition) is 0. The number of benzene rings is 8. The molecule has 2 nitrogen and oxygen atoms in total. The van der Waals surface area contributed by atoms with E-state index >= 15 is 0 Å². The number of para-hydroxylation sites is 2. The van der Waals surface area contributed by atoms with Crippen LogP contribution in [0.4, 0.5) is 17.1 Å². The summed E-state index contributed by atoms with van der Waals surface area (Å²) in [5.74, 6) is 0. The Kier molecular flexibility index (Phi) is 7.11. The molecular formula is C52H36N2S. The van der Waals surface area contributed by atoms with Crippen molar-refractivity contribution in [3.8, 4) is 33.5 Å². The van der Waals surface area contributed by atoms with Gasteiger partial charge in [0.25, 0.3) is 0 Å². The standard InChI is InChI=1S/C52H36N2S/c1-52(2)44-20-10-6-17-38(44)39-29-28-36(32-45(39)52)54(47-22-12-8-16-37(47)33-14-4-3-5-15-33)35-26-24-34(25-27-35)50-43-31-30-41-40-18-9-13-23-48(40)55-51(41)49(43)42-19-7-11-21-46(42)53-50/h3-32H,1-2H3. The SMILES string of the molecule is CC1(C)c2ccccc2-c2ccc(N(c3ccc(-c4nc5ccccc5c5c4ccc4c6ccccc6sc45)cc3)c3ccccc3-c3ccccc3)cc21. The van der Waals surface area contributed by atoms with Crippen LogP contribution in [0.25, 0.3) is 75.4 Å². The number of aromatic nitrogens is 1. The maximum atomic E-state index is 5.35. The van der Waals surface area contributed by atoms with Crippen molar-refractivity contribution in [2.24, 2.45) is 0 Å². The van der Waals surface area contributed by atoms with Crippen LogP contribution < -0.4 is 4.90 Å². The summed E-state index contributed by atoms with van der Waals surface area (Å²) in [4.78, 5) is 7.77. The van der Waals surface area contributed by atoms with Crippen molar-refractivity contribution in [1.82, 2.24) is 4.98 Å². The quantitative estimate of drug-likeness (QED) is 0.165. The molecule has 1 aliphatic carbocycles. The largest absolute Gasteiger partial charge is 0.310 e. The Hall–Kier alpha value is -6.55. The average molecular weight is 721 g/mol. The van der Waals surface area contributed by atoms with E-state index in [4.69, 9.17) is 4.98 Å². The first-order chi connectivity index (χ1) is 27.0. The van der Waals surface area contributed by atoms with Crippen LogP contribution >= 0.6 is 11.3 Å². The predicted octanol–water partition coefficient (Wildman–Crippen LogP) is 14.9. The molecule has 11 rings (SSSR count). The van der Waals surface area contributed by atoms with Crippen LogP contribution in [0.2, 0.25) is 0 Å². The molecule has 0 saturated heterocycles. The molecule has 2 aromatic heterocycles. The highest BCUT2D eigenvalue weighted by Gasteiger charge is 2.36. The Labute approximate surface area is 324 Å². The Morgan fingerprint density at radius 3 is 1.98 bits per heavy atom. The molecule has 0 radical (unpaired) electrons. The number of thiophene rings is 1. The van der Waals surface area contributed by atoms with Crippen molar-refractivity contribution in [2.75, 3.05) is 4.90 Å². The maximum Gasteiger partial charge on any atom is 0.0788 e. The zero-order valence-electron chi connectivity index (χ0n) is 30.6. The Morgan fingerprint density at radius 2 is 1.13 bits per heavy atom. The van der Waals surface area contributed by atoms with E-state index in [1.165, 1.54) is 69.7 Å². The third-order valence-electron chi connectivity index (χ3n) is 11.7. The second-order valence-corrected chi connectivity index (χ2v) is 16.2. The summed E-state index contributed by atoms with van der Waals surface area (Å²) in [6.45, 7) is 4.71. The molecule has 0 aliphatic heterocycles. The van der Waals surface area contributed by atoms with E-state index < -0.39 is 0 Å². The summed E-state index contributed by atoms with van der Waals surface area (Å²) in [7, 11) is 0. The summed E-state index contributed by atoms with van der Waals surface area (Å²) >= 11 is 1.88. The summed E-state index contributed by atoms with van der Waals surface area (Å²) in [6.07, 6.45) is 0. The monoisotopic (exact) mass is 720 g/mol. The molecule has 0 bridgehead atoms. The minimum absolute atomic E-state index is 0.112. The van der Waals surface area contributed by atoms with Crippen LogP contribution in [0.3, 0.4) is 0 Å². The molecule has 0 saturated carbocycles. The van der Waals surface area contributed by atoms with Gasteiger partial charge in [0, 0.05) is 64.2 Å². The zero-order chi connectivity index (χ0) is 36.7. The van der Waals surface area contributed by atoms with Crippen LogP contribution in [0.15, 0.2) is 182 Å². The minimum atomic E-state index is -0.112. The molecule has 260 valence electrons. The van der Waals surface area contributed by atoms with Gasteiger partial charge < -0.3 is 4.90 Å². The van der Waals surface area contributed by atoms with Crippen LogP contribution in [-0.2, 0) is 5.41 Å². The van der Waals surface area contributed by atoms with Gasteiger partial charge in [0.15, 0.2) is 0 Å². The van der Waals surface area contributed by atoms with Gasteiger partial charge in [0.1, 0.15) is 0 Å². The fraction of sp³-hybridized carbons (Fsp3) is 0.0577. The van der Waals surface area contributed by atoms with E-state index in [0.29, 0.717) is 0 Å². The summed E-state index contributed by atoms with van der Waals surface area (Å²) in [6, 6.07) is 66.4. The van der Waals surface area contributed by atoms with E-state index in [2.05, 4.69) is 201 Å². The molecule has 3 heteroatoms. The van der Waals surface area contributed by atoms with Crippen LogP contribution in [0, 0.1) is 0 Å². The summed E-state index contributed by atoms with van der Waals surface area (Å²) in [5.41, 5.74) is 14.1. The van der Waals surface area contributed by atoms with E-state index in [1.54, 1.807) is 0 Å². The first kappa shape index (κ1) is 31.9. The van der Waals surface area contributed by atoms with Crippen LogP contribution in [0.5, 0.6) is 0 Å². The lowest BCUT2D eigenvalue weighted by molar-refractivity contribution is 0.660. The minimum Gasteiger partial charge on any atom is -0.310 e. The highest BCUT2D eigenvalue weighted by atomic mass is 32.1. The van der Waals surface area contributed by atoms with E-state index in [0.717, 1.165) is 33.8 Å². The third-order valence-corrected chi connectivity index (χ3v) is 12.9. The smallest absolute Gasteiger partial charge is 0.0788 e. The summed E-state index contributed by atoms with van der Waals surface area (Å²) < 4.78 is 2.63. The fourth-order valence-corrected chi connectivity index (χ4v) is 10.3. The maximum absolute atomic E-state index is 5.35. The molecule has 0 unspecified atom stereocenters. The van der Waals surface area contributed by atoms with Crippen molar-refractivity contribution in [3.05, 3.63) is 193 Å². The number of nitrogens with zero attached hydrogens (tertiary/aromatic N) is 2. The van der Waals surface area contributed by atoms with E-state index in [9.17, 15) is 0 Å². The average Bonchev–Trinajstić information content (AvgIpc) is 3.73. The third kappa shape index (κ3) is 4.90. The molecule has 0 N–H and O–H groups in total. The molecule has 0 spiro atoms. The summed E-state index contributed by atoms with van der Waals surface area (Å²) in [5, 5.41) is 6.27. The molecule has 55 heavy (non-hydrogen) atoms. The number of anilines is 3. The molecular weight excluding hydrogens is 685 g/mol. The molecule has 1 aliphatic rings. The van der Waals surface area contributed by atoms with Gasteiger partial charge in [-0.15, -0.1) is 11.3 Å². The lowest BCUT2D eigenvalue weighted by atomic mass is 9.82. The van der Waals surface area contributed by atoms with Gasteiger partial charge in [-0.05, 0) is 70.3 Å². The molecule has 10 aromatic rings. The zero-order valence-corrected chi connectivity index (χ0v) is 31.4. The molecule has 8 aromatic carbocycles. The van der Waals surface area contributed by atoms with Crippen LogP contribution in [0.1, 0.15) is 25.0 Å². The lowest BCUT2D eigenvalue weighted by Gasteiger charge is -2.30. The molecule has 0 atom stereocenters. The Balaban J connectivity index is 1.10. The van der Waals surface area contributed by atoms with Crippen molar-refractivity contribution in [2.45, 2.75) is 19.3 Å². The van der Waals surface area contributed by atoms with Gasteiger partial charge in [-0.1, -0.05) is 153 Å². The number of fused-ring (bicyclic) bond motifs is 10. The topological polar surface area (TPSA) is 16.1 Å². The van der Waals surface area contributed by atoms with Crippen molar-refractivity contribution >= 4 is 70.2 Å². The first-order valence-corrected chi connectivity index (χ1v) is 19.8. The normalized spacial score (nSPS) is 13.1. The highest BCUT2D eigenvalue weighted by Crippen LogP contribution is 2.51. The van der Waals surface area contributed by atoms with Gasteiger partial charge in [-0.2, -0.15) is 0 Å². The van der Waals surface area contributed by atoms with Crippen LogP contribution in [-0.4, -0.2) is 4.98 Å². The molecule has 0 fully saturated rings. The number of hydrogen-bond acceptors (Lipinski definition) is 3. The van der Waals surface area contributed by atoms with Gasteiger partial charge in [0.05, 0.1) is 16.9 Å². The van der Waals surface area contributed by atoms with Crippen molar-refractivity contribution in [1.29, 1.82) is 0 Å². The van der Waals surface area contributed by atoms with Crippen molar-refractivity contribution in [3.63, 3.8) is 0 Å². The predicted molar refractivity (Wildman–Crippen MR) is 235 cm³/mol. The first-order valence-electron chi connectivity index (χ1n) is 19.0. The molecule has 0 amide bonds. The number of pyridine rings is 1. The Morgan fingerprint density at radius 1 is 0.473 bits per heavy atom. The van der Waals surface area contributed by atoms with Gasteiger partial charge in [-0.3, -0.25) is 0 Å². The van der Waals surface area contributed by atoms with Crippen molar-refractivity contribution < 1.29 is 0 Å². The highest BCUT2D eigenvalue weighted by molar-refractivity contribution is 7.26. The van der Waals surface area contributed by atoms with Gasteiger partial charge in [0.2, 0.25) is 0 Å². The number of rotatable bonds is 5.